The lowest BCUT2D eigenvalue weighted by Gasteiger charge is -2.10. The molecule has 0 fully saturated rings. The molecule has 2 rings (SSSR count). The maximum Gasteiger partial charge on any atom is 0.134 e. The standard InChI is InChI=1S/C14H18N2O2/c1-3-14(15)11-4-6-13(7-5-11)17-9-12-8-10(2)18-16-12/h4-8,14H,3,9,15H2,1-2H3/t14-/m0/s1. The van der Waals surface area contributed by atoms with Gasteiger partial charge in [-0.05, 0) is 31.0 Å². The molecule has 0 aliphatic carbocycles. The SMILES string of the molecule is CC[C@H](N)c1ccc(OCc2cc(C)on2)cc1. The fourth-order valence-corrected chi connectivity index (χ4v) is 1.69. The fraction of sp³-hybridized carbons (Fsp3) is 0.357. The summed E-state index contributed by atoms with van der Waals surface area (Å²) in [4.78, 5) is 0. The summed E-state index contributed by atoms with van der Waals surface area (Å²) in [6, 6.07) is 9.81. The summed E-state index contributed by atoms with van der Waals surface area (Å²) in [7, 11) is 0. The molecule has 0 saturated heterocycles. The zero-order chi connectivity index (χ0) is 13.0. The van der Waals surface area contributed by atoms with Gasteiger partial charge in [0.2, 0.25) is 0 Å². The number of ether oxygens (including phenoxy) is 1. The highest BCUT2D eigenvalue weighted by Gasteiger charge is 2.04. The Morgan fingerprint density at radius 2 is 2.06 bits per heavy atom. The van der Waals surface area contributed by atoms with E-state index >= 15 is 0 Å². The van der Waals surface area contributed by atoms with Crippen molar-refractivity contribution in [2.45, 2.75) is 32.9 Å². The zero-order valence-corrected chi connectivity index (χ0v) is 10.7. The molecule has 1 atom stereocenters. The van der Waals surface area contributed by atoms with Gasteiger partial charge in [-0.1, -0.05) is 24.2 Å². The molecule has 2 aromatic rings. The molecule has 96 valence electrons. The number of benzene rings is 1. The number of aryl methyl sites for hydroxylation is 1. The fourth-order valence-electron chi connectivity index (χ4n) is 1.69. The smallest absolute Gasteiger partial charge is 0.134 e. The minimum absolute atomic E-state index is 0.0947. The predicted octanol–water partition coefficient (Wildman–Crippen LogP) is 2.97. The summed E-state index contributed by atoms with van der Waals surface area (Å²) in [6.07, 6.45) is 0.929. The number of hydrogen-bond donors (Lipinski definition) is 1. The largest absolute Gasteiger partial charge is 0.487 e. The quantitative estimate of drug-likeness (QED) is 0.881. The van der Waals surface area contributed by atoms with Crippen LogP contribution in [0.3, 0.4) is 0 Å². The summed E-state index contributed by atoms with van der Waals surface area (Å²) in [5, 5.41) is 3.87. The Kier molecular flexibility index (Phi) is 3.99. The van der Waals surface area contributed by atoms with Crippen molar-refractivity contribution in [1.29, 1.82) is 0 Å². The number of rotatable bonds is 5. The van der Waals surface area contributed by atoms with Crippen molar-refractivity contribution < 1.29 is 9.26 Å². The zero-order valence-electron chi connectivity index (χ0n) is 10.7. The van der Waals surface area contributed by atoms with Crippen LogP contribution < -0.4 is 10.5 Å². The van der Waals surface area contributed by atoms with Crippen LogP contribution in [0.2, 0.25) is 0 Å². The summed E-state index contributed by atoms with van der Waals surface area (Å²) in [6.45, 7) is 4.34. The molecular weight excluding hydrogens is 228 g/mol. The minimum Gasteiger partial charge on any atom is -0.487 e. The first-order valence-electron chi connectivity index (χ1n) is 6.09. The highest BCUT2D eigenvalue weighted by molar-refractivity contribution is 5.29. The molecule has 1 aromatic heterocycles. The molecule has 0 aliphatic heterocycles. The molecule has 4 nitrogen and oxygen atoms in total. The lowest BCUT2D eigenvalue weighted by Crippen LogP contribution is -2.08. The van der Waals surface area contributed by atoms with Gasteiger partial charge in [0.05, 0.1) is 0 Å². The van der Waals surface area contributed by atoms with Gasteiger partial charge >= 0.3 is 0 Å². The molecule has 18 heavy (non-hydrogen) atoms. The third kappa shape index (κ3) is 3.11. The van der Waals surface area contributed by atoms with Gasteiger partial charge in [0.15, 0.2) is 0 Å². The van der Waals surface area contributed by atoms with Crippen molar-refractivity contribution in [3.8, 4) is 5.75 Å². The summed E-state index contributed by atoms with van der Waals surface area (Å²) in [5.74, 6) is 1.60. The highest BCUT2D eigenvalue weighted by atomic mass is 16.5. The van der Waals surface area contributed by atoms with Gasteiger partial charge in [-0.25, -0.2) is 0 Å². The Morgan fingerprint density at radius 1 is 1.33 bits per heavy atom. The van der Waals surface area contributed by atoms with E-state index in [-0.39, 0.29) is 6.04 Å². The van der Waals surface area contributed by atoms with E-state index in [0.717, 1.165) is 29.2 Å². The molecule has 0 spiro atoms. The highest BCUT2D eigenvalue weighted by Crippen LogP contribution is 2.19. The number of hydrogen-bond acceptors (Lipinski definition) is 4. The monoisotopic (exact) mass is 246 g/mol. The number of nitrogens with two attached hydrogens (primary N) is 1. The van der Waals surface area contributed by atoms with Crippen molar-refractivity contribution in [3.05, 3.63) is 47.3 Å². The Morgan fingerprint density at radius 3 is 2.61 bits per heavy atom. The number of nitrogens with zero attached hydrogens (tertiary/aromatic N) is 1. The third-order valence-electron chi connectivity index (χ3n) is 2.81. The summed E-state index contributed by atoms with van der Waals surface area (Å²) < 4.78 is 10.6. The molecule has 4 heteroatoms. The first-order chi connectivity index (χ1) is 8.69. The molecule has 1 aromatic carbocycles. The molecular formula is C14H18N2O2. The van der Waals surface area contributed by atoms with Crippen LogP contribution in [0.1, 0.15) is 36.4 Å². The Hall–Kier alpha value is -1.81. The third-order valence-corrected chi connectivity index (χ3v) is 2.81. The normalized spacial score (nSPS) is 12.4. The van der Waals surface area contributed by atoms with Crippen molar-refractivity contribution in [2.75, 3.05) is 0 Å². The van der Waals surface area contributed by atoms with Gasteiger partial charge in [0.1, 0.15) is 23.8 Å². The van der Waals surface area contributed by atoms with Gasteiger partial charge in [-0.15, -0.1) is 0 Å². The first kappa shape index (κ1) is 12.6. The maximum absolute atomic E-state index is 5.95. The molecule has 1 heterocycles. The topological polar surface area (TPSA) is 61.3 Å². The van der Waals surface area contributed by atoms with E-state index in [4.69, 9.17) is 15.0 Å². The molecule has 0 unspecified atom stereocenters. The molecule has 0 amide bonds. The van der Waals surface area contributed by atoms with Gasteiger partial charge in [-0.3, -0.25) is 0 Å². The van der Waals surface area contributed by atoms with Crippen LogP contribution in [0, 0.1) is 6.92 Å². The van der Waals surface area contributed by atoms with E-state index in [2.05, 4.69) is 12.1 Å². The van der Waals surface area contributed by atoms with Crippen LogP contribution >= 0.6 is 0 Å². The van der Waals surface area contributed by atoms with E-state index < -0.39 is 0 Å². The van der Waals surface area contributed by atoms with Crippen molar-refractivity contribution in [3.63, 3.8) is 0 Å². The second-order valence-corrected chi connectivity index (χ2v) is 4.30. The van der Waals surface area contributed by atoms with Crippen LogP contribution in [0.25, 0.3) is 0 Å². The molecule has 0 saturated carbocycles. The average Bonchev–Trinajstić information content (AvgIpc) is 2.82. The van der Waals surface area contributed by atoms with E-state index in [1.807, 2.05) is 37.3 Å². The second kappa shape index (κ2) is 5.69. The molecule has 0 aliphatic rings. The lowest BCUT2D eigenvalue weighted by atomic mass is 10.1. The van der Waals surface area contributed by atoms with Gasteiger partial charge in [0.25, 0.3) is 0 Å². The van der Waals surface area contributed by atoms with Crippen molar-refractivity contribution in [1.82, 2.24) is 5.16 Å². The first-order valence-corrected chi connectivity index (χ1v) is 6.09. The van der Waals surface area contributed by atoms with Crippen molar-refractivity contribution >= 4 is 0 Å². The molecule has 0 radical (unpaired) electrons. The Labute approximate surface area is 107 Å². The second-order valence-electron chi connectivity index (χ2n) is 4.30. The lowest BCUT2D eigenvalue weighted by molar-refractivity contribution is 0.287. The summed E-state index contributed by atoms with van der Waals surface area (Å²) in [5.41, 5.74) is 7.87. The van der Waals surface area contributed by atoms with Gasteiger partial charge in [0, 0.05) is 12.1 Å². The minimum atomic E-state index is 0.0947. The van der Waals surface area contributed by atoms with Gasteiger partial charge < -0.3 is 15.0 Å². The maximum atomic E-state index is 5.95. The van der Waals surface area contributed by atoms with Crippen LogP contribution in [0.4, 0.5) is 0 Å². The van der Waals surface area contributed by atoms with Gasteiger partial charge in [-0.2, -0.15) is 0 Å². The van der Waals surface area contributed by atoms with E-state index in [9.17, 15) is 0 Å². The van der Waals surface area contributed by atoms with E-state index in [1.165, 1.54) is 0 Å². The van der Waals surface area contributed by atoms with Crippen LogP contribution in [-0.2, 0) is 6.61 Å². The molecule has 0 bridgehead atoms. The van der Waals surface area contributed by atoms with Crippen LogP contribution in [0.5, 0.6) is 5.75 Å². The van der Waals surface area contributed by atoms with Crippen LogP contribution in [-0.4, -0.2) is 5.16 Å². The summed E-state index contributed by atoms with van der Waals surface area (Å²) >= 11 is 0. The Balaban J connectivity index is 1.94. The number of aromatic nitrogens is 1. The average molecular weight is 246 g/mol. The van der Waals surface area contributed by atoms with Crippen LogP contribution in [0.15, 0.2) is 34.9 Å². The molecule has 2 N–H and O–H groups in total. The Bertz CT molecular complexity index is 491. The van der Waals surface area contributed by atoms with E-state index in [1.54, 1.807) is 0 Å². The predicted molar refractivity (Wildman–Crippen MR) is 69.2 cm³/mol. The van der Waals surface area contributed by atoms with Crippen molar-refractivity contribution in [2.24, 2.45) is 5.73 Å². The van der Waals surface area contributed by atoms with E-state index in [0.29, 0.717) is 6.61 Å².